The van der Waals surface area contributed by atoms with Gasteiger partial charge in [-0.05, 0) is 42.2 Å². The number of halogens is 5. The quantitative estimate of drug-likeness (QED) is 0.0856. The number of Topliss-reactive ketones (excluding diaryl/α,β-unsaturated/α-hetero) is 2. The number of nitrogens with two attached hydrogens (primary N) is 1. The first kappa shape index (κ1) is 63.8. The number of ether oxygens (including phenoxy) is 4. The Kier molecular flexibility index (Phi) is 25.6. The molecular formula is C45H49F2I3N12O11S2V. The van der Waals surface area contributed by atoms with Gasteiger partial charge < -0.3 is 43.9 Å². The molecule has 2 amide bonds. The van der Waals surface area contributed by atoms with Gasteiger partial charge in [-0.2, -0.15) is 27.0 Å². The van der Waals surface area contributed by atoms with Gasteiger partial charge in [0.05, 0.1) is 84.2 Å². The summed E-state index contributed by atoms with van der Waals surface area (Å²) in [5.74, 6) is 0.204. The second kappa shape index (κ2) is 30.4. The van der Waals surface area contributed by atoms with Gasteiger partial charge in [-0.15, -0.1) is 0 Å². The molecule has 4 aliphatic rings. The number of amides is 2. The predicted molar refractivity (Wildman–Crippen MR) is 306 cm³/mol. The van der Waals surface area contributed by atoms with Gasteiger partial charge in [0.1, 0.15) is 43.3 Å². The monoisotopic (exact) mass is 1470 g/mol. The normalized spacial score (nSPS) is 15.9. The number of fused-ring (bicyclic) bond motifs is 4. The molecule has 0 radical (unpaired) electrons. The summed E-state index contributed by atoms with van der Waals surface area (Å²) in [5.41, 5.74) is 8.22. The van der Waals surface area contributed by atoms with Gasteiger partial charge in [0.2, 0.25) is 11.9 Å². The van der Waals surface area contributed by atoms with Crippen LogP contribution < -0.4 is 41.4 Å². The number of cyclic esters (lactones) is 2. The number of nitrogens with one attached hydrogen (secondary N) is 1. The van der Waals surface area contributed by atoms with Crippen LogP contribution in [0.25, 0.3) is 22.1 Å². The fourth-order valence-corrected chi connectivity index (χ4v) is 7.73. The van der Waals surface area contributed by atoms with Crippen molar-refractivity contribution in [3.8, 4) is 11.5 Å². The van der Waals surface area contributed by atoms with E-state index in [1.165, 1.54) is 69.0 Å². The summed E-state index contributed by atoms with van der Waals surface area (Å²) in [5, 5.41) is 3.17. The molecule has 2 saturated heterocycles. The number of alkyl halides is 1. The Balaban J connectivity index is 0.000000252. The van der Waals surface area contributed by atoms with Gasteiger partial charge in [0.15, 0.2) is 23.1 Å². The molecule has 8 heterocycles. The number of ketones is 2. The molecule has 4 aromatic heterocycles. The van der Waals surface area contributed by atoms with Crippen LogP contribution in [0.1, 0.15) is 22.5 Å². The Hall–Kier alpha value is -4.72. The van der Waals surface area contributed by atoms with Crippen LogP contribution in [-0.2, 0) is 73.1 Å². The van der Waals surface area contributed by atoms with E-state index in [2.05, 4.69) is 97.8 Å². The Morgan fingerprint density at radius 2 is 1.16 bits per heavy atom. The minimum absolute atomic E-state index is 0. The summed E-state index contributed by atoms with van der Waals surface area (Å²) in [6.07, 6.45) is 4.53. The number of hydrogen-bond donors (Lipinski definition) is 2. The van der Waals surface area contributed by atoms with Crippen LogP contribution in [0.3, 0.4) is 0 Å². The van der Waals surface area contributed by atoms with Crippen molar-refractivity contribution >= 4 is 154 Å². The maximum atomic E-state index is 14.5. The summed E-state index contributed by atoms with van der Waals surface area (Å²) < 4.78 is 51.6. The van der Waals surface area contributed by atoms with Crippen LogP contribution in [-0.4, -0.2) is 132 Å². The van der Waals surface area contributed by atoms with E-state index in [1.807, 2.05) is 4.93 Å². The number of aldehydes is 1. The fraction of sp³-hybridized carbons (Fsp3) is 0.356. The van der Waals surface area contributed by atoms with Crippen molar-refractivity contribution < 1.29 is 61.2 Å². The van der Waals surface area contributed by atoms with Crippen molar-refractivity contribution in [3.63, 3.8) is 0 Å². The molecule has 0 spiro atoms. The molecule has 76 heavy (non-hydrogen) atoms. The van der Waals surface area contributed by atoms with Crippen LogP contribution in [0.4, 0.5) is 30.3 Å². The molecule has 2 fully saturated rings. The van der Waals surface area contributed by atoms with Gasteiger partial charge in [-0.3, -0.25) is 19.2 Å². The van der Waals surface area contributed by atoms with E-state index in [0.29, 0.717) is 92.3 Å². The van der Waals surface area contributed by atoms with E-state index in [1.54, 1.807) is 13.1 Å². The average Bonchev–Trinajstić information content (AvgIpc) is 3.98. The Morgan fingerprint density at radius 3 is 1.62 bits per heavy atom. The van der Waals surface area contributed by atoms with Gasteiger partial charge >= 0.3 is 61.6 Å². The predicted octanol–water partition coefficient (Wildman–Crippen LogP) is 3.65. The first-order valence-corrected chi connectivity index (χ1v) is 33.2. The Morgan fingerprint density at radius 1 is 0.711 bits per heavy atom. The second-order valence-electron chi connectivity index (χ2n) is 15.9. The molecule has 31 heteroatoms. The molecule has 10 rings (SSSR count). The van der Waals surface area contributed by atoms with Gasteiger partial charge in [-0.25, -0.2) is 58.1 Å². The Bertz CT molecular complexity index is 3210. The molecule has 407 valence electrons. The van der Waals surface area contributed by atoms with Crippen LogP contribution >= 0.6 is 89.5 Å². The molecule has 0 unspecified atom stereocenters. The van der Waals surface area contributed by atoms with Crippen molar-refractivity contribution in [1.82, 2.24) is 44.4 Å². The zero-order valence-corrected chi connectivity index (χ0v) is 50.4. The number of rotatable bonds is 10. The van der Waals surface area contributed by atoms with E-state index in [0.717, 1.165) is 0 Å². The van der Waals surface area contributed by atoms with E-state index in [9.17, 15) is 42.3 Å². The molecule has 0 saturated carbocycles. The number of aryl methyl sites for hydroxylation is 2. The number of hydrogen-bond acceptors (Lipinski definition) is 19. The third-order valence-corrected chi connectivity index (χ3v) is 11.2. The number of aromatic nitrogens is 8. The van der Waals surface area contributed by atoms with Crippen LogP contribution in [0, 0.1) is 11.6 Å². The van der Waals surface area contributed by atoms with E-state index >= 15 is 0 Å². The van der Waals surface area contributed by atoms with Crippen LogP contribution in [0.5, 0.6) is 11.5 Å². The zero-order chi connectivity index (χ0) is 53.6. The van der Waals surface area contributed by atoms with Crippen molar-refractivity contribution in [2.45, 2.75) is 37.9 Å². The summed E-state index contributed by atoms with van der Waals surface area (Å²) in [7, 11) is 3.74. The fourth-order valence-electron chi connectivity index (χ4n) is 7.73. The van der Waals surface area contributed by atoms with Gasteiger partial charge in [-0.1, -0.05) is 22.6 Å². The first-order valence-electron chi connectivity index (χ1n) is 22.0. The summed E-state index contributed by atoms with van der Waals surface area (Å²) in [4.78, 5) is 110. The van der Waals surface area contributed by atoms with Crippen LogP contribution in [0.2, 0.25) is 0 Å². The third kappa shape index (κ3) is 15.7. The van der Waals surface area contributed by atoms with E-state index in [4.69, 9.17) is 24.7 Å². The summed E-state index contributed by atoms with van der Waals surface area (Å²) in [6, 6.07) is 5.61. The van der Waals surface area contributed by atoms with E-state index in [-0.39, 0.29) is 119 Å². The standard InChI is InChI=1S/C22H21FN6O5.C11H9FN2O2.C11H12N4O4.CH3I.2HI.2H2S.V/c1-28-19(31)9-25-16-3-2-15(23)14(20(16)28)4-5-24-7-13-10-29(22(32)34-13)21-26-8-18-17(27-21)6-12(30)11-33-18;1-14-10(16)6-13-9-3-2-8(12)7(4-5-15)11(9)14;12-2-7-4-15(11(17)19-7)10-13-3-9-8(14-10)1-6(16)5-18-9;1-2;;;;;/h2-3,8-9,13,24H,4-7,10-11H2,1H3;2-3,5-6H,4H2,1H3;3,7H,1-2,4-5,12H2;1H3;2*1H;2*1H2;/q;;;;;;;;+2/p-2/t13-;;7-;;;;;;/m0.0....../s1. The molecule has 2 aromatic carbocycles. The molecule has 0 aliphatic carbocycles. The molecule has 0 bridgehead atoms. The molecule has 23 nitrogen and oxygen atoms in total. The van der Waals surface area contributed by atoms with Crippen LogP contribution in [0.15, 0.2) is 58.6 Å². The van der Waals surface area contributed by atoms with Crippen molar-refractivity contribution in [3.05, 3.63) is 104 Å². The molecule has 6 aromatic rings. The topological polar surface area (TPSA) is 288 Å². The molecular weight excluding hydrogens is 1420 g/mol. The maximum absolute atomic E-state index is 14.5. The van der Waals surface area contributed by atoms with Crippen molar-refractivity contribution in [2.75, 3.05) is 60.7 Å². The van der Waals surface area contributed by atoms with Gasteiger partial charge in [0, 0.05) is 44.7 Å². The third-order valence-electron chi connectivity index (χ3n) is 11.2. The number of benzene rings is 2. The number of anilines is 2. The molecule has 3 N–H and O–H groups in total. The SMILES string of the molecule is CI.Cn1c(=O)cnc2ccc(F)c(CC=O)c21.Cn1c(=O)cnc2ccc(F)c(CCNC[C@H]3CN(c4ncc5c(n4)CC(=O)CO5)C(=O)O3)c21.NC[C@H]1CN(c2ncc3c(n2)CC(=O)CO3)C(=O)O1.S.S.[I][V][I]. The second-order valence-corrected chi connectivity index (χ2v) is 27.7. The van der Waals surface area contributed by atoms with Crippen molar-refractivity contribution in [2.24, 2.45) is 19.8 Å². The van der Waals surface area contributed by atoms with Gasteiger partial charge in [0.25, 0.3) is 11.1 Å². The molecule has 4 aliphatic heterocycles. The number of carbonyl (C=O) groups is 5. The van der Waals surface area contributed by atoms with E-state index < -0.39 is 29.9 Å². The summed E-state index contributed by atoms with van der Waals surface area (Å²) >= 11 is 6.89. The number of carbonyl (C=O) groups excluding carboxylic acids is 5. The molecule has 2 atom stereocenters. The zero-order valence-electron chi connectivity index (χ0n) is 40.5. The summed E-state index contributed by atoms with van der Waals surface area (Å²) in [6.45, 7) is 1.53. The minimum atomic E-state index is -0.587. The average molecular weight is 1470 g/mol. The Labute approximate surface area is 488 Å². The number of nitrogens with zero attached hydrogens (tertiary/aromatic N) is 10. The van der Waals surface area contributed by atoms with Crippen molar-refractivity contribution in [1.29, 1.82) is 0 Å². The first-order chi connectivity index (χ1) is 35.6.